The van der Waals surface area contributed by atoms with E-state index >= 15 is 0 Å². The molecule has 2 rings (SSSR count). The van der Waals surface area contributed by atoms with Gasteiger partial charge in [0.25, 0.3) is 0 Å². The molecule has 2 aromatic rings. The van der Waals surface area contributed by atoms with E-state index in [1.807, 2.05) is 4.68 Å². The summed E-state index contributed by atoms with van der Waals surface area (Å²) < 4.78 is 2.01. The van der Waals surface area contributed by atoms with Crippen molar-refractivity contribution in [3.63, 3.8) is 0 Å². The summed E-state index contributed by atoms with van der Waals surface area (Å²) in [6.07, 6.45) is 4.32. The highest BCUT2D eigenvalue weighted by Gasteiger charge is 2.05. The smallest absolute Gasteiger partial charge is 0.0762 e. The van der Waals surface area contributed by atoms with E-state index in [1.165, 1.54) is 5.56 Å². The van der Waals surface area contributed by atoms with E-state index in [9.17, 15) is 0 Å². The zero-order valence-electron chi connectivity index (χ0n) is 12.7. The van der Waals surface area contributed by atoms with Crippen LogP contribution in [0.25, 0.3) is 0 Å². The molecule has 1 N–H and O–H groups in total. The Morgan fingerprint density at radius 1 is 1.10 bits per heavy atom. The van der Waals surface area contributed by atoms with Crippen molar-refractivity contribution in [2.75, 3.05) is 0 Å². The highest BCUT2D eigenvalue weighted by Crippen LogP contribution is 2.07. The minimum Gasteiger partial charge on any atom is -0.309 e. The fourth-order valence-electron chi connectivity index (χ4n) is 2.17. The van der Waals surface area contributed by atoms with Gasteiger partial charge in [0, 0.05) is 24.8 Å². The normalized spacial score (nSPS) is 12.8. The van der Waals surface area contributed by atoms with Gasteiger partial charge in [0.15, 0.2) is 0 Å². The molecule has 1 atom stereocenters. The maximum Gasteiger partial charge on any atom is 0.0762 e. The Morgan fingerprint density at radius 2 is 1.85 bits per heavy atom. The van der Waals surface area contributed by atoms with Gasteiger partial charge in [0.1, 0.15) is 0 Å². The van der Waals surface area contributed by atoms with Gasteiger partial charge in [-0.05, 0) is 45.2 Å². The van der Waals surface area contributed by atoms with Crippen molar-refractivity contribution in [3.05, 3.63) is 53.9 Å². The first-order valence-corrected chi connectivity index (χ1v) is 7.46. The lowest BCUT2D eigenvalue weighted by Gasteiger charge is -2.13. The lowest BCUT2D eigenvalue weighted by molar-refractivity contribution is 0.492. The number of nitrogens with one attached hydrogen (secondary N) is 1. The Morgan fingerprint density at radius 3 is 2.50 bits per heavy atom. The van der Waals surface area contributed by atoms with Gasteiger partial charge in [-0.2, -0.15) is 5.10 Å². The van der Waals surface area contributed by atoms with Gasteiger partial charge in [-0.3, -0.25) is 4.68 Å². The average molecular weight is 271 g/mol. The summed E-state index contributed by atoms with van der Waals surface area (Å²) in [7, 11) is 0. The van der Waals surface area contributed by atoms with E-state index in [1.54, 1.807) is 0 Å². The zero-order chi connectivity index (χ0) is 14.4. The molecule has 0 aliphatic heterocycles. The average Bonchev–Trinajstić information content (AvgIpc) is 2.93. The zero-order valence-corrected chi connectivity index (χ0v) is 12.7. The van der Waals surface area contributed by atoms with Crippen molar-refractivity contribution in [2.45, 2.75) is 52.2 Å². The number of aryl methyl sites for hydroxylation is 1. The monoisotopic (exact) mass is 271 g/mol. The highest BCUT2D eigenvalue weighted by molar-refractivity contribution is 5.14. The van der Waals surface area contributed by atoms with Crippen LogP contribution in [0.1, 0.15) is 44.5 Å². The van der Waals surface area contributed by atoms with Crippen LogP contribution >= 0.6 is 0 Å². The molecule has 0 saturated carbocycles. The maximum absolute atomic E-state index is 4.55. The third kappa shape index (κ3) is 4.49. The molecule has 0 radical (unpaired) electrons. The fraction of sp³-hybridized carbons (Fsp3) is 0.471. The van der Waals surface area contributed by atoms with Gasteiger partial charge >= 0.3 is 0 Å². The third-order valence-electron chi connectivity index (χ3n) is 3.53. The number of aromatic nitrogens is 2. The molecule has 3 nitrogen and oxygen atoms in total. The topological polar surface area (TPSA) is 29.9 Å². The quantitative estimate of drug-likeness (QED) is 0.834. The van der Waals surface area contributed by atoms with Crippen molar-refractivity contribution in [1.82, 2.24) is 15.1 Å². The molecule has 0 amide bonds. The summed E-state index contributed by atoms with van der Waals surface area (Å²) in [5.41, 5.74) is 2.52. The summed E-state index contributed by atoms with van der Waals surface area (Å²) in [6.45, 7) is 7.37. The van der Waals surface area contributed by atoms with Crippen molar-refractivity contribution in [1.29, 1.82) is 0 Å². The second-order valence-electron chi connectivity index (χ2n) is 5.69. The highest BCUT2D eigenvalue weighted by atomic mass is 15.3. The van der Waals surface area contributed by atoms with Crippen molar-refractivity contribution >= 4 is 0 Å². The molecule has 3 heteroatoms. The van der Waals surface area contributed by atoms with Crippen LogP contribution in [-0.2, 0) is 13.0 Å². The summed E-state index contributed by atoms with van der Waals surface area (Å²) in [5.74, 6) is 0. The van der Waals surface area contributed by atoms with E-state index in [4.69, 9.17) is 0 Å². The van der Waals surface area contributed by atoms with Crippen molar-refractivity contribution in [2.24, 2.45) is 0 Å². The Labute approximate surface area is 122 Å². The van der Waals surface area contributed by atoms with Gasteiger partial charge in [0.2, 0.25) is 0 Å². The predicted octanol–water partition coefficient (Wildman–Crippen LogP) is 3.57. The summed E-state index contributed by atoms with van der Waals surface area (Å²) in [6, 6.07) is 13.7. The summed E-state index contributed by atoms with van der Waals surface area (Å²) in [5, 5.41) is 8.10. The van der Waals surface area contributed by atoms with Gasteiger partial charge in [-0.15, -0.1) is 0 Å². The van der Waals surface area contributed by atoms with E-state index in [2.05, 4.69) is 73.8 Å². The minimum absolute atomic E-state index is 0.430. The van der Waals surface area contributed by atoms with Crippen molar-refractivity contribution in [3.8, 4) is 0 Å². The molecule has 20 heavy (non-hydrogen) atoms. The third-order valence-corrected chi connectivity index (χ3v) is 3.53. The van der Waals surface area contributed by atoms with Crippen LogP contribution in [0, 0.1) is 0 Å². The molecule has 0 saturated heterocycles. The van der Waals surface area contributed by atoms with Crippen LogP contribution in [0.3, 0.4) is 0 Å². The summed E-state index contributed by atoms with van der Waals surface area (Å²) >= 11 is 0. The van der Waals surface area contributed by atoms with Crippen molar-refractivity contribution < 1.29 is 0 Å². The molecule has 0 aliphatic carbocycles. The predicted molar refractivity (Wildman–Crippen MR) is 83.7 cm³/mol. The van der Waals surface area contributed by atoms with Crippen LogP contribution in [0.5, 0.6) is 0 Å². The first-order chi connectivity index (χ1) is 9.65. The van der Waals surface area contributed by atoms with E-state index in [0.29, 0.717) is 12.1 Å². The van der Waals surface area contributed by atoms with Gasteiger partial charge in [-0.25, -0.2) is 0 Å². The maximum atomic E-state index is 4.55. The molecule has 1 aromatic carbocycles. The van der Waals surface area contributed by atoms with E-state index in [0.717, 1.165) is 25.1 Å². The van der Waals surface area contributed by atoms with Gasteiger partial charge in [-0.1, -0.05) is 30.3 Å². The van der Waals surface area contributed by atoms with Crippen LogP contribution in [0.2, 0.25) is 0 Å². The molecule has 108 valence electrons. The second kappa shape index (κ2) is 7.25. The number of hydrogen-bond acceptors (Lipinski definition) is 2. The minimum atomic E-state index is 0.430. The number of nitrogens with zero attached hydrogens (tertiary/aromatic N) is 2. The lowest BCUT2D eigenvalue weighted by atomic mass is 10.1. The van der Waals surface area contributed by atoms with Crippen LogP contribution < -0.4 is 5.32 Å². The van der Waals surface area contributed by atoms with E-state index < -0.39 is 0 Å². The largest absolute Gasteiger partial charge is 0.309 e. The number of hydrogen-bond donors (Lipinski definition) is 1. The molecule has 0 fully saturated rings. The molecule has 0 spiro atoms. The molecule has 1 aromatic heterocycles. The first kappa shape index (κ1) is 14.8. The molecular weight excluding hydrogens is 246 g/mol. The Hall–Kier alpha value is -1.61. The van der Waals surface area contributed by atoms with E-state index in [-0.39, 0.29) is 0 Å². The molecular formula is C17H25N3. The van der Waals surface area contributed by atoms with Crippen LogP contribution in [-0.4, -0.2) is 15.8 Å². The molecule has 0 bridgehead atoms. The SMILES string of the molecule is CC(CCc1ccccc1)NCc1ccn(C(C)C)n1. The standard InChI is InChI=1S/C17H25N3/c1-14(2)20-12-11-17(19-20)13-18-15(3)9-10-16-7-5-4-6-8-16/h4-8,11-12,14-15,18H,9-10,13H2,1-3H3. The van der Waals surface area contributed by atoms with Crippen LogP contribution in [0.4, 0.5) is 0 Å². The Balaban J connectivity index is 1.73. The Kier molecular flexibility index (Phi) is 5.36. The lowest BCUT2D eigenvalue weighted by Crippen LogP contribution is -2.26. The molecule has 1 heterocycles. The molecule has 0 aliphatic rings. The first-order valence-electron chi connectivity index (χ1n) is 7.46. The number of benzene rings is 1. The van der Waals surface area contributed by atoms with Gasteiger partial charge < -0.3 is 5.32 Å². The number of rotatable bonds is 7. The fourth-order valence-corrected chi connectivity index (χ4v) is 2.17. The van der Waals surface area contributed by atoms with Crippen LogP contribution in [0.15, 0.2) is 42.6 Å². The molecule has 1 unspecified atom stereocenters. The Bertz CT molecular complexity index is 502. The summed E-state index contributed by atoms with van der Waals surface area (Å²) in [4.78, 5) is 0. The second-order valence-corrected chi connectivity index (χ2v) is 5.69. The van der Waals surface area contributed by atoms with Gasteiger partial charge in [0.05, 0.1) is 5.69 Å².